The van der Waals surface area contributed by atoms with E-state index in [4.69, 9.17) is 15.1 Å². The van der Waals surface area contributed by atoms with E-state index >= 15 is 0 Å². The maximum absolute atomic E-state index is 13.4. The van der Waals surface area contributed by atoms with Gasteiger partial charge in [-0.1, -0.05) is 12.1 Å². The van der Waals surface area contributed by atoms with E-state index in [2.05, 4.69) is 0 Å². The van der Waals surface area contributed by atoms with Crippen LogP contribution in [0.1, 0.15) is 16.7 Å². The van der Waals surface area contributed by atoms with Crippen molar-refractivity contribution in [3.8, 4) is 17.6 Å². The number of carboxylic acid groups (broad SMARTS) is 1. The number of nitriles is 1. The summed E-state index contributed by atoms with van der Waals surface area (Å²) in [6.45, 7) is 1.80. The monoisotopic (exact) mass is 285 g/mol. The number of ether oxygens (including phenoxy) is 1. The third-order valence-corrected chi connectivity index (χ3v) is 2.84. The summed E-state index contributed by atoms with van der Waals surface area (Å²) in [5.74, 6) is -0.879. The van der Waals surface area contributed by atoms with Crippen LogP contribution in [0.2, 0.25) is 0 Å². The van der Waals surface area contributed by atoms with E-state index in [0.717, 1.165) is 11.6 Å². The van der Waals surface area contributed by atoms with Gasteiger partial charge in [0, 0.05) is 6.07 Å². The van der Waals surface area contributed by atoms with Crippen LogP contribution in [0.4, 0.5) is 4.39 Å². The van der Waals surface area contributed by atoms with Crippen molar-refractivity contribution in [1.29, 1.82) is 5.26 Å². The normalized spacial score (nSPS) is 9.95. The predicted molar refractivity (Wildman–Crippen MR) is 73.7 cm³/mol. The zero-order valence-electron chi connectivity index (χ0n) is 11.3. The summed E-state index contributed by atoms with van der Waals surface area (Å²) < 4.78 is 18.9. The molecular formula is C16H12FNO3. The van der Waals surface area contributed by atoms with E-state index in [9.17, 15) is 9.18 Å². The molecule has 0 amide bonds. The van der Waals surface area contributed by atoms with Gasteiger partial charge in [0.15, 0.2) is 0 Å². The number of halogens is 1. The van der Waals surface area contributed by atoms with E-state index in [0.29, 0.717) is 11.3 Å². The van der Waals surface area contributed by atoms with Crippen LogP contribution in [0.25, 0.3) is 0 Å². The quantitative estimate of drug-likeness (QED) is 0.934. The fourth-order valence-electron chi connectivity index (χ4n) is 1.85. The summed E-state index contributed by atoms with van der Waals surface area (Å²) in [6.07, 6.45) is -0.122. The zero-order valence-corrected chi connectivity index (χ0v) is 11.3. The Morgan fingerprint density at radius 3 is 2.76 bits per heavy atom. The number of hydrogen-bond donors (Lipinski definition) is 1. The first-order chi connectivity index (χ1) is 9.97. The lowest BCUT2D eigenvalue weighted by Gasteiger charge is -2.10. The number of rotatable bonds is 4. The molecule has 2 rings (SSSR count). The van der Waals surface area contributed by atoms with Gasteiger partial charge < -0.3 is 9.84 Å². The van der Waals surface area contributed by atoms with Crippen LogP contribution in [-0.2, 0) is 11.2 Å². The van der Waals surface area contributed by atoms with Crippen LogP contribution in [0.3, 0.4) is 0 Å². The van der Waals surface area contributed by atoms with Crippen LogP contribution in [-0.4, -0.2) is 11.1 Å². The highest BCUT2D eigenvalue weighted by atomic mass is 19.1. The van der Waals surface area contributed by atoms with Crippen molar-refractivity contribution < 1.29 is 19.0 Å². The summed E-state index contributed by atoms with van der Waals surface area (Å²) >= 11 is 0. The standard InChI is InChI=1S/C16H12FNO3/c1-10-2-3-11(7-16(19)20)6-15(10)21-14-5-12(9-18)4-13(17)8-14/h2-6,8H,7H2,1H3,(H,19,20). The fraction of sp³-hybridized carbons (Fsp3) is 0.125. The van der Waals surface area contributed by atoms with E-state index in [1.54, 1.807) is 25.1 Å². The summed E-state index contributed by atoms with van der Waals surface area (Å²) in [6, 6.07) is 10.6. The molecule has 21 heavy (non-hydrogen) atoms. The number of carboxylic acids is 1. The molecule has 5 heteroatoms. The minimum atomic E-state index is -0.942. The van der Waals surface area contributed by atoms with Gasteiger partial charge in [0.05, 0.1) is 18.1 Å². The van der Waals surface area contributed by atoms with E-state index in [-0.39, 0.29) is 17.7 Å². The van der Waals surface area contributed by atoms with Gasteiger partial charge in [0.2, 0.25) is 0 Å². The highest BCUT2D eigenvalue weighted by molar-refractivity contribution is 5.70. The first-order valence-corrected chi connectivity index (χ1v) is 6.18. The van der Waals surface area contributed by atoms with Gasteiger partial charge >= 0.3 is 5.97 Å². The summed E-state index contributed by atoms with van der Waals surface area (Å²) in [7, 11) is 0. The summed E-state index contributed by atoms with van der Waals surface area (Å²) in [5.41, 5.74) is 1.52. The number of nitrogens with zero attached hydrogens (tertiary/aromatic N) is 1. The van der Waals surface area contributed by atoms with Crippen LogP contribution in [0.15, 0.2) is 36.4 Å². The Morgan fingerprint density at radius 2 is 2.10 bits per heavy atom. The number of hydrogen-bond acceptors (Lipinski definition) is 3. The number of benzene rings is 2. The van der Waals surface area contributed by atoms with Gasteiger partial charge in [-0.15, -0.1) is 0 Å². The highest BCUT2D eigenvalue weighted by Crippen LogP contribution is 2.27. The SMILES string of the molecule is Cc1ccc(CC(=O)O)cc1Oc1cc(F)cc(C#N)c1. The van der Waals surface area contributed by atoms with Crippen molar-refractivity contribution in [2.75, 3.05) is 0 Å². The molecule has 0 radical (unpaired) electrons. The number of carbonyl (C=O) groups is 1. The van der Waals surface area contributed by atoms with Crippen molar-refractivity contribution >= 4 is 5.97 Å². The summed E-state index contributed by atoms with van der Waals surface area (Å²) in [5, 5.41) is 17.6. The molecule has 2 aromatic rings. The van der Waals surface area contributed by atoms with E-state index in [1.165, 1.54) is 12.1 Å². The second kappa shape index (κ2) is 6.06. The van der Waals surface area contributed by atoms with Crippen LogP contribution >= 0.6 is 0 Å². The Morgan fingerprint density at radius 1 is 1.33 bits per heavy atom. The maximum atomic E-state index is 13.4. The number of aryl methyl sites for hydroxylation is 1. The minimum Gasteiger partial charge on any atom is -0.481 e. The molecular weight excluding hydrogens is 273 g/mol. The molecule has 0 fully saturated rings. The second-order valence-corrected chi connectivity index (χ2v) is 4.56. The molecule has 106 valence electrons. The highest BCUT2D eigenvalue weighted by Gasteiger charge is 2.08. The average molecular weight is 285 g/mol. The van der Waals surface area contributed by atoms with Crippen molar-refractivity contribution in [2.24, 2.45) is 0 Å². The molecule has 0 unspecified atom stereocenters. The predicted octanol–water partition coefficient (Wildman–Crippen LogP) is 3.43. The molecule has 4 nitrogen and oxygen atoms in total. The third-order valence-electron chi connectivity index (χ3n) is 2.84. The Kier molecular flexibility index (Phi) is 4.19. The average Bonchev–Trinajstić information content (AvgIpc) is 2.41. The van der Waals surface area contributed by atoms with E-state index < -0.39 is 11.8 Å². The minimum absolute atomic E-state index is 0.122. The molecule has 0 bridgehead atoms. The van der Waals surface area contributed by atoms with Gasteiger partial charge in [-0.3, -0.25) is 4.79 Å². The van der Waals surface area contributed by atoms with Gasteiger partial charge in [-0.2, -0.15) is 5.26 Å². The topological polar surface area (TPSA) is 70.3 Å². The van der Waals surface area contributed by atoms with Crippen LogP contribution < -0.4 is 4.74 Å². The Labute approximate surface area is 121 Å². The molecule has 0 heterocycles. The molecule has 0 saturated heterocycles. The lowest BCUT2D eigenvalue weighted by Crippen LogP contribution is -2.00. The number of aliphatic carboxylic acids is 1. The Hall–Kier alpha value is -2.87. The molecule has 0 aliphatic carbocycles. The largest absolute Gasteiger partial charge is 0.481 e. The first-order valence-electron chi connectivity index (χ1n) is 6.18. The smallest absolute Gasteiger partial charge is 0.307 e. The molecule has 0 aliphatic rings. The second-order valence-electron chi connectivity index (χ2n) is 4.56. The van der Waals surface area contributed by atoms with Crippen LogP contribution in [0.5, 0.6) is 11.5 Å². The molecule has 0 aromatic heterocycles. The molecule has 0 saturated carbocycles. The van der Waals surface area contributed by atoms with E-state index in [1.807, 2.05) is 6.07 Å². The lowest BCUT2D eigenvalue weighted by molar-refractivity contribution is -0.136. The van der Waals surface area contributed by atoms with Gasteiger partial charge in [-0.25, -0.2) is 4.39 Å². The molecule has 0 aliphatic heterocycles. The van der Waals surface area contributed by atoms with Crippen molar-refractivity contribution in [3.63, 3.8) is 0 Å². The molecule has 0 atom stereocenters. The van der Waals surface area contributed by atoms with Crippen LogP contribution in [0, 0.1) is 24.1 Å². The molecule has 1 N–H and O–H groups in total. The fourth-order valence-corrected chi connectivity index (χ4v) is 1.85. The lowest BCUT2D eigenvalue weighted by atomic mass is 10.1. The van der Waals surface area contributed by atoms with Crippen molar-refractivity contribution in [2.45, 2.75) is 13.3 Å². The first kappa shape index (κ1) is 14.5. The summed E-state index contributed by atoms with van der Waals surface area (Å²) in [4.78, 5) is 10.7. The zero-order chi connectivity index (χ0) is 15.4. The van der Waals surface area contributed by atoms with Crippen molar-refractivity contribution in [3.05, 3.63) is 58.9 Å². The Bertz CT molecular complexity index is 735. The Balaban J connectivity index is 2.32. The van der Waals surface area contributed by atoms with Gasteiger partial charge in [-0.05, 0) is 36.2 Å². The van der Waals surface area contributed by atoms with Gasteiger partial charge in [0.25, 0.3) is 0 Å². The molecule has 2 aromatic carbocycles. The van der Waals surface area contributed by atoms with Crippen molar-refractivity contribution in [1.82, 2.24) is 0 Å². The maximum Gasteiger partial charge on any atom is 0.307 e. The van der Waals surface area contributed by atoms with Gasteiger partial charge in [0.1, 0.15) is 17.3 Å². The molecule has 0 spiro atoms. The third kappa shape index (κ3) is 3.80.